The predicted octanol–water partition coefficient (Wildman–Crippen LogP) is 5.56. The summed E-state index contributed by atoms with van der Waals surface area (Å²) in [7, 11) is 0. The molecule has 20 heavy (non-hydrogen) atoms. The number of halogens is 1. The third-order valence-electron chi connectivity index (χ3n) is 4.87. The van der Waals surface area contributed by atoms with Crippen LogP contribution in [0.5, 0.6) is 5.75 Å². The van der Waals surface area contributed by atoms with E-state index in [2.05, 4.69) is 61.0 Å². The molecule has 0 radical (unpaired) electrons. The van der Waals surface area contributed by atoms with Crippen LogP contribution in [-0.2, 0) is 5.41 Å². The lowest BCUT2D eigenvalue weighted by Gasteiger charge is -2.42. The number of alkyl halides is 1. The zero-order valence-electron chi connectivity index (χ0n) is 13.2. The van der Waals surface area contributed by atoms with Crippen LogP contribution in [0.1, 0.15) is 52.5 Å². The van der Waals surface area contributed by atoms with Crippen molar-refractivity contribution in [2.75, 3.05) is 6.61 Å². The summed E-state index contributed by atoms with van der Waals surface area (Å²) in [6.07, 6.45) is 3.97. The fourth-order valence-corrected chi connectivity index (χ4v) is 5.05. The van der Waals surface area contributed by atoms with E-state index in [-0.39, 0.29) is 5.41 Å². The van der Waals surface area contributed by atoms with Crippen LogP contribution in [-0.4, -0.2) is 11.4 Å². The van der Waals surface area contributed by atoms with E-state index >= 15 is 0 Å². The van der Waals surface area contributed by atoms with Gasteiger partial charge in [-0.1, -0.05) is 55.3 Å². The maximum absolute atomic E-state index is 5.54. The summed E-state index contributed by atoms with van der Waals surface area (Å²) in [6.45, 7) is 9.90. The quantitative estimate of drug-likeness (QED) is 0.652. The maximum atomic E-state index is 5.54. The summed E-state index contributed by atoms with van der Waals surface area (Å²) < 4.78 is 5.54. The second kappa shape index (κ2) is 6.51. The number of hydrogen-bond acceptors (Lipinski definition) is 1. The molecule has 0 heterocycles. The highest BCUT2D eigenvalue weighted by Gasteiger charge is 2.38. The summed E-state index contributed by atoms with van der Waals surface area (Å²) in [5, 5.41) is 0. The Hall–Kier alpha value is -0.500. The Morgan fingerprint density at radius 3 is 2.40 bits per heavy atom. The molecule has 2 heteroatoms. The second-order valence-electron chi connectivity index (χ2n) is 6.72. The summed E-state index contributed by atoms with van der Waals surface area (Å²) in [6, 6.07) is 8.69. The fraction of sp³-hybridized carbons (Fsp3) is 0.667. The van der Waals surface area contributed by atoms with Crippen LogP contribution in [0.2, 0.25) is 0 Å². The highest BCUT2D eigenvalue weighted by molar-refractivity contribution is 9.09. The van der Waals surface area contributed by atoms with E-state index in [1.54, 1.807) is 0 Å². The van der Waals surface area contributed by atoms with Gasteiger partial charge in [0.15, 0.2) is 0 Å². The molecule has 3 atom stereocenters. The first-order chi connectivity index (χ1) is 9.45. The lowest BCUT2D eigenvalue weighted by molar-refractivity contribution is 0.214. The summed E-state index contributed by atoms with van der Waals surface area (Å²) >= 11 is 3.94. The van der Waals surface area contributed by atoms with Gasteiger partial charge < -0.3 is 4.74 Å². The number of hydrogen-bond donors (Lipinski definition) is 0. The first-order valence-corrected chi connectivity index (χ1v) is 8.74. The topological polar surface area (TPSA) is 9.23 Å². The molecule has 0 bridgehead atoms. The molecule has 112 valence electrons. The van der Waals surface area contributed by atoms with Gasteiger partial charge in [-0.15, -0.1) is 0 Å². The zero-order chi connectivity index (χ0) is 14.8. The number of ether oxygens (including phenoxy) is 1. The van der Waals surface area contributed by atoms with Crippen molar-refractivity contribution in [3.05, 3.63) is 29.8 Å². The molecule has 1 saturated carbocycles. The van der Waals surface area contributed by atoms with E-state index < -0.39 is 0 Å². The first kappa shape index (κ1) is 15.9. The fourth-order valence-electron chi connectivity index (χ4n) is 3.49. The Kier molecular flexibility index (Phi) is 5.17. The smallest absolute Gasteiger partial charge is 0.119 e. The molecule has 0 N–H and O–H groups in total. The molecule has 3 unspecified atom stereocenters. The largest absolute Gasteiger partial charge is 0.494 e. The van der Waals surface area contributed by atoms with Crippen LogP contribution in [0.15, 0.2) is 24.3 Å². The molecule has 1 aliphatic rings. The van der Waals surface area contributed by atoms with Crippen LogP contribution in [0, 0.1) is 11.8 Å². The highest BCUT2D eigenvalue weighted by atomic mass is 79.9. The van der Waals surface area contributed by atoms with Crippen LogP contribution in [0.3, 0.4) is 0 Å². The molecule has 0 saturated heterocycles. The van der Waals surface area contributed by atoms with Crippen LogP contribution in [0.4, 0.5) is 0 Å². The Morgan fingerprint density at radius 2 is 1.85 bits per heavy atom. The van der Waals surface area contributed by atoms with Crippen molar-refractivity contribution in [2.24, 2.45) is 11.8 Å². The van der Waals surface area contributed by atoms with Gasteiger partial charge in [0.1, 0.15) is 5.75 Å². The Bertz CT molecular complexity index is 424. The molecular weight excluding hydrogens is 312 g/mol. The van der Waals surface area contributed by atoms with Crippen LogP contribution >= 0.6 is 15.9 Å². The third-order valence-corrected chi connectivity index (χ3v) is 5.88. The van der Waals surface area contributed by atoms with Gasteiger partial charge in [0.25, 0.3) is 0 Å². The van der Waals surface area contributed by atoms with Crippen molar-refractivity contribution >= 4 is 15.9 Å². The molecule has 1 aromatic rings. The molecule has 0 aromatic heterocycles. The van der Waals surface area contributed by atoms with E-state index in [4.69, 9.17) is 4.74 Å². The van der Waals surface area contributed by atoms with E-state index in [9.17, 15) is 0 Å². The number of rotatable bonds is 4. The molecule has 1 fully saturated rings. The zero-order valence-corrected chi connectivity index (χ0v) is 14.7. The molecule has 0 amide bonds. The Labute approximate surface area is 132 Å². The minimum absolute atomic E-state index is 0.207. The summed E-state index contributed by atoms with van der Waals surface area (Å²) in [5.74, 6) is 2.53. The molecule has 0 aliphatic heterocycles. The minimum Gasteiger partial charge on any atom is -0.494 e. The first-order valence-electron chi connectivity index (χ1n) is 7.82. The number of benzene rings is 1. The van der Waals surface area contributed by atoms with Crippen molar-refractivity contribution in [2.45, 2.75) is 57.2 Å². The molecule has 1 aromatic carbocycles. The molecular formula is C18H27BrO. The maximum Gasteiger partial charge on any atom is 0.119 e. The standard InChI is InChI=1S/C18H27BrO/c1-5-20-15-9-7-14(8-10-15)18(3,4)16-11-6-13(2)12-17(16)19/h7-10,13,16-17H,5-6,11-12H2,1-4H3. The van der Waals surface area contributed by atoms with Crippen molar-refractivity contribution in [1.29, 1.82) is 0 Å². The third kappa shape index (κ3) is 3.39. The minimum atomic E-state index is 0.207. The van der Waals surface area contributed by atoms with E-state index in [1.165, 1.54) is 24.8 Å². The van der Waals surface area contributed by atoms with Crippen molar-refractivity contribution in [3.8, 4) is 5.75 Å². The monoisotopic (exact) mass is 338 g/mol. The van der Waals surface area contributed by atoms with Gasteiger partial charge in [-0.2, -0.15) is 0 Å². The van der Waals surface area contributed by atoms with Gasteiger partial charge in [0, 0.05) is 4.83 Å². The van der Waals surface area contributed by atoms with Crippen molar-refractivity contribution in [1.82, 2.24) is 0 Å². The van der Waals surface area contributed by atoms with Gasteiger partial charge >= 0.3 is 0 Å². The lowest BCUT2D eigenvalue weighted by atomic mass is 9.66. The van der Waals surface area contributed by atoms with Gasteiger partial charge in [-0.05, 0) is 54.7 Å². The van der Waals surface area contributed by atoms with Crippen LogP contribution < -0.4 is 4.74 Å². The van der Waals surface area contributed by atoms with E-state index in [1.807, 2.05) is 6.92 Å². The van der Waals surface area contributed by atoms with Gasteiger partial charge in [-0.3, -0.25) is 0 Å². The predicted molar refractivity (Wildman–Crippen MR) is 89.9 cm³/mol. The lowest BCUT2D eigenvalue weighted by Crippen LogP contribution is -2.38. The van der Waals surface area contributed by atoms with Gasteiger partial charge in [0.05, 0.1) is 6.61 Å². The molecule has 2 rings (SSSR count). The Morgan fingerprint density at radius 1 is 1.20 bits per heavy atom. The second-order valence-corrected chi connectivity index (χ2v) is 7.90. The molecule has 0 spiro atoms. The highest BCUT2D eigenvalue weighted by Crippen LogP contribution is 2.45. The Balaban J connectivity index is 2.16. The normalized spacial score (nSPS) is 27.4. The van der Waals surface area contributed by atoms with E-state index in [0.717, 1.165) is 18.3 Å². The average molecular weight is 339 g/mol. The summed E-state index contributed by atoms with van der Waals surface area (Å²) in [4.78, 5) is 0.632. The van der Waals surface area contributed by atoms with Crippen molar-refractivity contribution in [3.63, 3.8) is 0 Å². The average Bonchev–Trinajstić information content (AvgIpc) is 2.39. The molecule has 1 nitrogen and oxygen atoms in total. The van der Waals surface area contributed by atoms with E-state index in [0.29, 0.717) is 10.7 Å². The van der Waals surface area contributed by atoms with Gasteiger partial charge in [0.2, 0.25) is 0 Å². The van der Waals surface area contributed by atoms with Gasteiger partial charge in [-0.25, -0.2) is 0 Å². The molecule has 1 aliphatic carbocycles. The summed E-state index contributed by atoms with van der Waals surface area (Å²) in [5.41, 5.74) is 1.63. The SMILES string of the molecule is CCOc1ccc(C(C)(C)C2CCC(C)CC2Br)cc1. The van der Waals surface area contributed by atoms with Crippen LogP contribution in [0.25, 0.3) is 0 Å². The van der Waals surface area contributed by atoms with Crippen molar-refractivity contribution < 1.29 is 4.74 Å².